The third-order valence-electron chi connectivity index (χ3n) is 6.70. The molecular weight excluding hydrogens is 466 g/mol. The number of benzene rings is 2. The minimum Gasteiger partial charge on any atom is -0.372 e. The highest BCUT2D eigenvalue weighted by atomic mass is 19.4. The van der Waals surface area contributed by atoms with Crippen molar-refractivity contribution in [1.29, 1.82) is 0 Å². The van der Waals surface area contributed by atoms with Gasteiger partial charge in [-0.1, -0.05) is 38.1 Å². The Labute approximate surface area is 211 Å². The standard InChI is InChI=1S/C29H36F4N3/c1-5-34(6-2)17-10-18-35-19-15-22(16-20-35)26(30)21-23-11-9-12-25-24(23)13-14-27(36(7-3)8-4)28(25)29(31,32)33/h9,11-16,19-21H,5-8,10,17-18H2,1-4H3/q+1/b26-21-. The first-order valence-corrected chi connectivity index (χ1v) is 12.7. The lowest BCUT2D eigenvalue weighted by atomic mass is 9.96. The molecule has 0 aliphatic rings. The first kappa shape index (κ1) is 27.7. The number of fused-ring (bicyclic) bond motifs is 1. The molecule has 194 valence electrons. The van der Waals surface area contributed by atoms with E-state index in [0.717, 1.165) is 32.6 Å². The average Bonchev–Trinajstić information content (AvgIpc) is 2.87. The fourth-order valence-electron chi connectivity index (χ4n) is 4.62. The number of halogens is 4. The molecule has 0 fully saturated rings. The van der Waals surface area contributed by atoms with E-state index in [1.165, 1.54) is 18.2 Å². The van der Waals surface area contributed by atoms with Crippen molar-refractivity contribution in [2.45, 2.75) is 46.8 Å². The van der Waals surface area contributed by atoms with Crippen molar-refractivity contribution in [3.63, 3.8) is 0 Å². The van der Waals surface area contributed by atoms with Crippen molar-refractivity contribution in [1.82, 2.24) is 4.90 Å². The Bertz CT molecular complexity index is 1160. The van der Waals surface area contributed by atoms with Gasteiger partial charge in [0, 0.05) is 49.4 Å². The number of pyridine rings is 1. The maximum Gasteiger partial charge on any atom is 0.418 e. The molecule has 0 spiro atoms. The number of hydrogen-bond acceptors (Lipinski definition) is 2. The molecule has 0 atom stereocenters. The Morgan fingerprint density at radius 3 is 2.11 bits per heavy atom. The molecule has 3 aromatic rings. The lowest BCUT2D eigenvalue weighted by molar-refractivity contribution is -0.697. The summed E-state index contributed by atoms with van der Waals surface area (Å²) in [5.41, 5.74) is 0.278. The molecule has 0 aliphatic heterocycles. The number of nitrogens with zero attached hydrogens (tertiary/aromatic N) is 3. The molecular formula is C29H36F4N3+. The second kappa shape index (κ2) is 12.3. The summed E-state index contributed by atoms with van der Waals surface area (Å²) in [7, 11) is 0. The normalized spacial score (nSPS) is 12.5. The van der Waals surface area contributed by atoms with E-state index < -0.39 is 17.6 Å². The molecule has 0 bridgehead atoms. The predicted octanol–water partition coefficient (Wildman–Crippen LogP) is 7.19. The summed E-state index contributed by atoms with van der Waals surface area (Å²) >= 11 is 0. The van der Waals surface area contributed by atoms with Gasteiger partial charge in [-0.15, -0.1) is 0 Å². The highest BCUT2D eigenvalue weighted by molar-refractivity contribution is 5.98. The van der Waals surface area contributed by atoms with Crippen LogP contribution in [-0.4, -0.2) is 37.6 Å². The summed E-state index contributed by atoms with van der Waals surface area (Å²) in [6.45, 7) is 12.7. The highest BCUT2D eigenvalue weighted by Crippen LogP contribution is 2.42. The summed E-state index contributed by atoms with van der Waals surface area (Å²) in [5.74, 6) is -0.487. The smallest absolute Gasteiger partial charge is 0.372 e. The largest absolute Gasteiger partial charge is 0.418 e. The van der Waals surface area contributed by atoms with Gasteiger partial charge in [-0.2, -0.15) is 13.2 Å². The Balaban J connectivity index is 1.91. The van der Waals surface area contributed by atoms with E-state index in [1.807, 2.05) is 30.8 Å². The quantitative estimate of drug-likeness (QED) is 0.203. The zero-order valence-electron chi connectivity index (χ0n) is 21.6. The van der Waals surface area contributed by atoms with E-state index in [0.29, 0.717) is 29.6 Å². The van der Waals surface area contributed by atoms with Crippen LogP contribution in [0.2, 0.25) is 0 Å². The van der Waals surface area contributed by atoms with Gasteiger partial charge in [0.1, 0.15) is 12.4 Å². The topological polar surface area (TPSA) is 10.4 Å². The van der Waals surface area contributed by atoms with Gasteiger partial charge < -0.3 is 9.80 Å². The SMILES string of the molecule is CCN(CC)CCC[n+]1ccc(/C(F)=C/c2cccc3c(C(F)(F)F)c(N(CC)CC)ccc23)cc1. The summed E-state index contributed by atoms with van der Waals surface area (Å²) < 4.78 is 59.7. The molecule has 0 aliphatic carbocycles. The van der Waals surface area contributed by atoms with Crippen molar-refractivity contribution in [3.05, 3.63) is 71.5 Å². The lowest BCUT2D eigenvalue weighted by Gasteiger charge is -2.26. The molecule has 0 radical (unpaired) electrons. The van der Waals surface area contributed by atoms with Crippen molar-refractivity contribution in [2.24, 2.45) is 0 Å². The molecule has 1 aromatic heterocycles. The van der Waals surface area contributed by atoms with Crippen molar-refractivity contribution in [2.75, 3.05) is 37.6 Å². The van der Waals surface area contributed by atoms with Crippen LogP contribution in [0.1, 0.15) is 50.8 Å². The highest BCUT2D eigenvalue weighted by Gasteiger charge is 2.36. The molecule has 2 aromatic carbocycles. The second-order valence-electron chi connectivity index (χ2n) is 8.77. The van der Waals surface area contributed by atoms with Gasteiger partial charge in [0.05, 0.1) is 5.56 Å². The Hall–Kier alpha value is -2.93. The Kier molecular flexibility index (Phi) is 9.49. The van der Waals surface area contributed by atoms with Crippen LogP contribution in [0.5, 0.6) is 0 Å². The monoisotopic (exact) mass is 502 g/mol. The van der Waals surface area contributed by atoms with Crippen molar-refractivity contribution >= 4 is 28.4 Å². The van der Waals surface area contributed by atoms with Crippen molar-refractivity contribution in [3.8, 4) is 0 Å². The van der Waals surface area contributed by atoms with E-state index in [1.54, 1.807) is 35.2 Å². The zero-order valence-corrected chi connectivity index (χ0v) is 21.6. The van der Waals surface area contributed by atoms with Gasteiger partial charge in [0.15, 0.2) is 12.4 Å². The average molecular weight is 503 g/mol. The minimum atomic E-state index is -4.53. The molecule has 36 heavy (non-hydrogen) atoms. The van der Waals surface area contributed by atoms with Crippen LogP contribution in [0.25, 0.3) is 22.7 Å². The molecule has 1 heterocycles. The zero-order chi connectivity index (χ0) is 26.3. The first-order chi connectivity index (χ1) is 17.2. The Morgan fingerprint density at radius 2 is 1.53 bits per heavy atom. The number of rotatable bonds is 11. The van der Waals surface area contributed by atoms with Gasteiger partial charge in [-0.25, -0.2) is 8.96 Å². The van der Waals surface area contributed by atoms with Gasteiger partial charge in [0.25, 0.3) is 0 Å². The molecule has 3 nitrogen and oxygen atoms in total. The summed E-state index contributed by atoms with van der Waals surface area (Å²) in [6, 6.07) is 11.2. The molecule has 3 rings (SSSR count). The molecule has 0 unspecified atom stereocenters. The maximum atomic E-state index is 15.2. The van der Waals surface area contributed by atoms with E-state index in [2.05, 4.69) is 18.7 Å². The lowest BCUT2D eigenvalue weighted by Crippen LogP contribution is -2.35. The minimum absolute atomic E-state index is 0.0764. The number of anilines is 1. The molecule has 0 amide bonds. The summed E-state index contributed by atoms with van der Waals surface area (Å²) in [4.78, 5) is 4.04. The number of alkyl halides is 3. The van der Waals surface area contributed by atoms with Gasteiger partial charge in [-0.05, 0) is 55.4 Å². The maximum absolute atomic E-state index is 15.2. The van der Waals surface area contributed by atoms with Crippen LogP contribution in [0, 0.1) is 0 Å². The van der Waals surface area contributed by atoms with Crippen LogP contribution in [0.3, 0.4) is 0 Å². The molecule has 0 N–H and O–H groups in total. The molecule has 0 saturated heterocycles. The van der Waals surface area contributed by atoms with Crippen LogP contribution >= 0.6 is 0 Å². The van der Waals surface area contributed by atoms with Crippen molar-refractivity contribution < 1.29 is 22.1 Å². The predicted molar refractivity (Wildman–Crippen MR) is 141 cm³/mol. The summed E-state index contributed by atoms with van der Waals surface area (Å²) in [5, 5.41) is 0.450. The van der Waals surface area contributed by atoms with Crippen LogP contribution in [0.4, 0.5) is 23.2 Å². The second-order valence-corrected chi connectivity index (χ2v) is 8.77. The van der Waals surface area contributed by atoms with E-state index in [9.17, 15) is 13.2 Å². The van der Waals surface area contributed by atoms with Gasteiger partial charge in [-0.3, -0.25) is 0 Å². The van der Waals surface area contributed by atoms with Crippen LogP contribution in [0.15, 0.2) is 54.9 Å². The first-order valence-electron chi connectivity index (χ1n) is 12.7. The third-order valence-corrected chi connectivity index (χ3v) is 6.70. The van der Waals surface area contributed by atoms with Gasteiger partial charge >= 0.3 is 6.18 Å². The van der Waals surface area contributed by atoms with E-state index in [-0.39, 0.29) is 11.1 Å². The van der Waals surface area contributed by atoms with E-state index in [4.69, 9.17) is 0 Å². The summed E-state index contributed by atoms with van der Waals surface area (Å²) in [6.07, 6.45) is 1.46. The fourth-order valence-corrected chi connectivity index (χ4v) is 4.62. The number of hydrogen-bond donors (Lipinski definition) is 0. The third kappa shape index (κ3) is 6.44. The van der Waals surface area contributed by atoms with E-state index >= 15 is 4.39 Å². The number of aromatic nitrogens is 1. The van der Waals surface area contributed by atoms with Gasteiger partial charge in [0.2, 0.25) is 0 Å². The van der Waals surface area contributed by atoms with Crippen LogP contribution < -0.4 is 9.47 Å². The number of aryl methyl sites for hydroxylation is 1. The Morgan fingerprint density at radius 1 is 0.861 bits per heavy atom. The molecule has 7 heteroatoms. The van der Waals surface area contributed by atoms with Crippen LogP contribution in [-0.2, 0) is 12.7 Å². The molecule has 0 saturated carbocycles. The fraction of sp³-hybridized carbons (Fsp3) is 0.414.